The summed E-state index contributed by atoms with van der Waals surface area (Å²) in [5.41, 5.74) is 3.39. The summed E-state index contributed by atoms with van der Waals surface area (Å²) in [5.74, 6) is 0. The van der Waals surface area contributed by atoms with Crippen molar-refractivity contribution < 1.29 is 4.92 Å². The molecule has 0 amide bonds. The van der Waals surface area contributed by atoms with E-state index in [1.54, 1.807) is 12.1 Å². The van der Waals surface area contributed by atoms with Crippen molar-refractivity contribution in [2.75, 3.05) is 5.32 Å². The van der Waals surface area contributed by atoms with Gasteiger partial charge in [-0.3, -0.25) is 10.1 Å². The highest BCUT2D eigenvalue weighted by molar-refractivity contribution is 7.73. The fraction of sp³-hybridized carbons (Fsp3) is 0.0500. The van der Waals surface area contributed by atoms with Crippen LogP contribution in [0.25, 0.3) is 10.2 Å². The second-order valence-electron chi connectivity index (χ2n) is 6.12. The first-order chi connectivity index (χ1) is 14.1. The number of hydrogen-bond donors (Lipinski definition) is 1. The fourth-order valence-electron chi connectivity index (χ4n) is 2.74. The lowest BCUT2D eigenvalue weighted by atomic mass is 10.3. The fourth-order valence-corrected chi connectivity index (χ4v) is 4.10. The van der Waals surface area contributed by atoms with E-state index >= 15 is 0 Å². The van der Waals surface area contributed by atoms with E-state index in [-0.39, 0.29) is 5.69 Å². The number of benzene rings is 3. The molecule has 4 aromatic rings. The number of thiazole rings is 1. The zero-order valence-electron chi connectivity index (χ0n) is 15.1. The molecule has 1 aromatic heterocycles. The molecule has 4 rings (SSSR count). The molecule has 0 atom stereocenters. The van der Waals surface area contributed by atoms with Gasteiger partial charge in [-0.1, -0.05) is 18.2 Å². The zero-order valence-corrected chi connectivity index (χ0v) is 16.7. The maximum absolute atomic E-state index is 11.0. The minimum absolute atomic E-state index is 0.0640. The Morgan fingerprint density at radius 3 is 2.38 bits per heavy atom. The van der Waals surface area contributed by atoms with Crippen LogP contribution in [0.3, 0.4) is 0 Å². The third kappa shape index (κ3) is 4.36. The van der Waals surface area contributed by atoms with Crippen LogP contribution in [0.1, 0.15) is 0 Å². The molecule has 0 aliphatic carbocycles. The van der Waals surface area contributed by atoms with E-state index in [0.29, 0.717) is 10.6 Å². The molecule has 0 radical (unpaired) electrons. The molecule has 0 fully saturated rings. The molecule has 9 heteroatoms. The van der Waals surface area contributed by atoms with Gasteiger partial charge >= 0.3 is 0 Å². The maximum atomic E-state index is 11.0. The summed E-state index contributed by atoms with van der Waals surface area (Å²) < 4.78 is 3.37. The summed E-state index contributed by atoms with van der Waals surface area (Å²) in [6.07, 6.45) is 0. The number of anilines is 1. The Balaban J connectivity index is 1.46. The normalized spacial score (nSPS) is 11.2. The second kappa shape index (κ2) is 8.29. The van der Waals surface area contributed by atoms with Gasteiger partial charge in [0.15, 0.2) is 3.95 Å². The van der Waals surface area contributed by atoms with Gasteiger partial charge in [0.05, 0.1) is 33.2 Å². The first kappa shape index (κ1) is 18.9. The summed E-state index contributed by atoms with van der Waals surface area (Å²) in [7, 11) is 0. The quantitative estimate of drug-likeness (QED) is 0.160. The van der Waals surface area contributed by atoms with Crippen molar-refractivity contribution in [3.8, 4) is 0 Å². The lowest BCUT2D eigenvalue weighted by Gasteiger charge is -2.09. The monoisotopic (exact) mass is 421 g/mol. The van der Waals surface area contributed by atoms with E-state index in [0.717, 1.165) is 27.3 Å². The van der Waals surface area contributed by atoms with Crippen molar-refractivity contribution in [1.82, 2.24) is 4.57 Å². The lowest BCUT2D eigenvalue weighted by Crippen LogP contribution is -2.07. The summed E-state index contributed by atoms with van der Waals surface area (Å²) in [4.78, 5) is 10.6. The lowest BCUT2D eigenvalue weighted by molar-refractivity contribution is -0.384. The van der Waals surface area contributed by atoms with Crippen LogP contribution in [0, 0.1) is 14.1 Å². The molecule has 0 aliphatic heterocycles. The molecule has 3 aromatic carbocycles. The molecule has 29 heavy (non-hydrogen) atoms. The summed E-state index contributed by atoms with van der Waals surface area (Å²) >= 11 is 6.78. The minimum atomic E-state index is -0.401. The third-order valence-electron chi connectivity index (χ3n) is 4.21. The highest BCUT2D eigenvalue weighted by atomic mass is 32.1. The number of non-ortho nitro benzene ring substituents is 1. The molecule has 0 unspecified atom stereocenters. The van der Waals surface area contributed by atoms with Gasteiger partial charge in [0.2, 0.25) is 0 Å². The molecule has 144 valence electrons. The van der Waals surface area contributed by atoms with Crippen LogP contribution in [-0.2, 0) is 6.67 Å². The number of hydrogen-bond acceptors (Lipinski definition) is 7. The Bertz CT molecular complexity index is 1250. The largest absolute Gasteiger partial charge is 0.367 e. The van der Waals surface area contributed by atoms with Crippen LogP contribution in [0.15, 0.2) is 83.0 Å². The highest BCUT2D eigenvalue weighted by Crippen LogP contribution is 2.27. The van der Waals surface area contributed by atoms with Gasteiger partial charge in [0.1, 0.15) is 0 Å². The Morgan fingerprint density at radius 2 is 1.69 bits per heavy atom. The van der Waals surface area contributed by atoms with E-state index in [4.69, 9.17) is 12.2 Å². The molecule has 1 N–H and O–H groups in total. The molecule has 7 nitrogen and oxygen atoms in total. The maximum Gasteiger partial charge on any atom is 0.270 e. The molecule has 0 spiro atoms. The molecular weight excluding hydrogens is 406 g/mol. The third-order valence-corrected chi connectivity index (χ3v) is 5.62. The van der Waals surface area contributed by atoms with Crippen molar-refractivity contribution in [2.24, 2.45) is 10.2 Å². The molecule has 0 bridgehead atoms. The van der Waals surface area contributed by atoms with Crippen LogP contribution in [-0.4, -0.2) is 9.49 Å². The standard InChI is InChI=1S/C20H15N5O2S2/c26-25(27)17-10-11-18-19(12-17)29-20(28)24(18)13-21-14-6-8-16(9-7-14)23-22-15-4-2-1-3-5-15/h1-12,21H,13H2. The van der Waals surface area contributed by atoms with Crippen molar-refractivity contribution in [2.45, 2.75) is 6.67 Å². The van der Waals surface area contributed by atoms with Crippen LogP contribution in [0.4, 0.5) is 22.7 Å². The van der Waals surface area contributed by atoms with Crippen LogP contribution in [0.5, 0.6) is 0 Å². The van der Waals surface area contributed by atoms with Crippen molar-refractivity contribution in [3.05, 3.63) is 86.9 Å². The number of nitro groups is 1. The second-order valence-corrected chi connectivity index (χ2v) is 7.80. The van der Waals surface area contributed by atoms with E-state index in [9.17, 15) is 10.1 Å². The predicted molar refractivity (Wildman–Crippen MR) is 118 cm³/mol. The topological polar surface area (TPSA) is 84.8 Å². The Kier molecular flexibility index (Phi) is 5.41. The zero-order chi connectivity index (χ0) is 20.2. The van der Waals surface area contributed by atoms with Gasteiger partial charge in [-0.05, 0) is 54.7 Å². The van der Waals surface area contributed by atoms with Crippen LogP contribution < -0.4 is 5.32 Å². The first-order valence-corrected chi connectivity index (χ1v) is 9.91. The molecule has 0 saturated carbocycles. The van der Waals surface area contributed by atoms with Gasteiger partial charge in [-0.15, -0.1) is 11.3 Å². The number of rotatable bonds is 6. The van der Waals surface area contributed by atoms with Crippen molar-refractivity contribution in [1.29, 1.82) is 0 Å². The van der Waals surface area contributed by atoms with Crippen molar-refractivity contribution in [3.63, 3.8) is 0 Å². The Hall–Kier alpha value is -3.43. The van der Waals surface area contributed by atoms with E-state index in [1.807, 2.05) is 59.2 Å². The van der Waals surface area contributed by atoms with E-state index < -0.39 is 4.92 Å². The van der Waals surface area contributed by atoms with Gasteiger partial charge in [0, 0.05) is 17.8 Å². The SMILES string of the molecule is O=[N+]([O-])c1ccc2c(c1)sc(=S)n2CNc1ccc(N=Nc2ccccc2)cc1. The van der Waals surface area contributed by atoms with Gasteiger partial charge < -0.3 is 9.88 Å². The number of fused-ring (bicyclic) bond motifs is 1. The molecule has 0 aliphatic rings. The average Bonchev–Trinajstić information content (AvgIpc) is 3.06. The Labute approximate surface area is 175 Å². The van der Waals surface area contributed by atoms with Gasteiger partial charge in [-0.25, -0.2) is 0 Å². The number of nitrogens with one attached hydrogen (secondary N) is 1. The van der Waals surface area contributed by atoms with Gasteiger partial charge in [0.25, 0.3) is 5.69 Å². The number of nitro benzene ring substituents is 1. The highest BCUT2D eigenvalue weighted by Gasteiger charge is 2.11. The number of nitrogens with zero attached hydrogens (tertiary/aromatic N) is 4. The van der Waals surface area contributed by atoms with Gasteiger partial charge in [-0.2, -0.15) is 10.2 Å². The van der Waals surface area contributed by atoms with E-state index in [1.165, 1.54) is 17.4 Å². The minimum Gasteiger partial charge on any atom is -0.367 e. The summed E-state index contributed by atoms with van der Waals surface area (Å²) in [5, 5.41) is 22.7. The molecular formula is C20H15N5O2S2. The number of aromatic nitrogens is 1. The molecule has 0 saturated heterocycles. The van der Waals surface area contributed by atoms with E-state index in [2.05, 4.69) is 15.5 Å². The number of azo groups is 1. The van der Waals surface area contributed by atoms with Crippen LogP contribution in [0.2, 0.25) is 0 Å². The average molecular weight is 422 g/mol. The molecule has 1 heterocycles. The smallest absolute Gasteiger partial charge is 0.270 e. The van der Waals surface area contributed by atoms with Crippen molar-refractivity contribution >= 4 is 56.5 Å². The summed E-state index contributed by atoms with van der Waals surface area (Å²) in [6, 6.07) is 21.9. The predicted octanol–water partition coefficient (Wildman–Crippen LogP) is 6.83. The first-order valence-electron chi connectivity index (χ1n) is 8.69. The summed E-state index contributed by atoms with van der Waals surface area (Å²) in [6.45, 7) is 0.460. The van der Waals surface area contributed by atoms with Crippen LogP contribution >= 0.6 is 23.6 Å². The Morgan fingerprint density at radius 1 is 1.00 bits per heavy atom.